The summed E-state index contributed by atoms with van der Waals surface area (Å²) in [6.45, 7) is 0. The lowest BCUT2D eigenvalue weighted by atomic mass is 10.1. The number of ether oxygens (including phenoxy) is 3. The molecule has 138 valence electrons. The minimum atomic E-state index is -0.553. The van der Waals surface area contributed by atoms with Gasteiger partial charge in [0.05, 0.1) is 44.6 Å². The van der Waals surface area contributed by atoms with E-state index in [-0.39, 0.29) is 23.8 Å². The fourth-order valence-electron chi connectivity index (χ4n) is 1.97. The number of hydrazone groups is 1. The van der Waals surface area contributed by atoms with E-state index in [1.807, 2.05) is 0 Å². The first-order valence-corrected chi connectivity index (χ1v) is 8.07. The molecule has 0 aliphatic rings. The summed E-state index contributed by atoms with van der Waals surface area (Å²) in [4.78, 5) is 26.0. The molecule has 10 nitrogen and oxygen atoms in total. The van der Waals surface area contributed by atoms with Crippen LogP contribution in [0.5, 0.6) is 11.5 Å². The van der Waals surface area contributed by atoms with Crippen molar-refractivity contribution in [3.8, 4) is 11.5 Å². The zero-order valence-electron chi connectivity index (χ0n) is 14.2. The van der Waals surface area contributed by atoms with E-state index in [4.69, 9.17) is 9.47 Å². The molecular formula is C15H16N4O6S. The average molecular weight is 380 g/mol. The van der Waals surface area contributed by atoms with Crippen LogP contribution in [0.3, 0.4) is 0 Å². The highest BCUT2D eigenvalue weighted by atomic mass is 32.1. The molecule has 1 N–H and O–H groups in total. The molecule has 26 heavy (non-hydrogen) atoms. The summed E-state index contributed by atoms with van der Waals surface area (Å²) in [6, 6.07) is 2.71. The van der Waals surface area contributed by atoms with Crippen LogP contribution in [0.4, 0.5) is 10.8 Å². The molecule has 1 aromatic heterocycles. The SMILES string of the molecule is COC(=O)Cc1csc(N/N=C\c2cc([N+](=O)[O-])c(OC)cc2OC)n1. The van der Waals surface area contributed by atoms with E-state index in [1.54, 1.807) is 5.38 Å². The zero-order valence-corrected chi connectivity index (χ0v) is 15.0. The molecule has 0 spiro atoms. The maximum absolute atomic E-state index is 11.2. The number of thiazole rings is 1. The number of aromatic nitrogens is 1. The summed E-state index contributed by atoms with van der Waals surface area (Å²) in [5, 5.41) is 17.3. The lowest BCUT2D eigenvalue weighted by Crippen LogP contribution is -2.04. The Hall–Kier alpha value is -3.21. The number of nitrogens with one attached hydrogen (secondary N) is 1. The van der Waals surface area contributed by atoms with Crippen LogP contribution >= 0.6 is 11.3 Å². The minimum Gasteiger partial charge on any atom is -0.496 e. The van der Waals surface area contributed by atoms with Gasteiger partial charge in [0.1, 0.15) is 5.75 Å². The summed E-state index contributed by atoms with van der Waals surface area (Å²) < 4.78 is 14.8. The quantitative estimate of drug-likeness (QED) is 0.320. The summed E-state index contributed by atoms with van der Waals surface area (Å²) in [7, 11) is 4.08. The lowest BCUT2D eigenvalue weighted by Gasteiger charge is -2.08. The molecule has 0 aliphatic heterocycles. The highest BCUT2D eigenvalue weighted by Crippen LogP contribution is 2.33. The molecule has 0 saturated heterocycles. The fraction of sp³-hybridized carbons (Fsp3) is 0.267. The molecule has 1 aromatic carbocycles. The lowest BCUT2D eigenvalue weighted by molar-refractivity contribution is -0.385. The van der Waals surface area contributed by atoms with Crippen molar-refractivity contribution < 1.29 is 23.9 Å². The smallest absolute Gasteiger partial charge is 0.311 e. The van der Waals surface area contributed by atoms with E-state index >= 15 is 0 Å². The molecule has 0 fully saturated rings. The van der Waals surface area contributed by atoms with Crippen molar-refractivity contribution in [3.05, 3.63) is 38.9 Å². The van der Waals surface area contributed by atoms with Crippen molar-refractivity contribution in [2.75, 3.05) is 26.8 Å². The summed E-state index contributed by atoms with van der Waals surface area (Å²) in [5.41, 5.74) is 3.44. The predicted molar refractivity (Wildman–Crippen MR) is 95.3 cm³/mol. The van der Waals surface area contributed by atoms with Crippen LogP contribution in [0.15, 0.2) is 22.6 Å². The summed E-state index contributed by atoms with van der Waals surface area (Å²) >= 11 is 1.26. The van der Waals surface area contributed by atoms with Crippen molar-refractivity contribution in [3.63, 3.8) is 0 Å². The molecular weight excluding hydrogens is 364 g/mol. The van der Waals surface area contributed by atoms with Crippen molar-refractivity contribution in [1.29, 1.82) is 0 Å². The first kappa shape index (κ1) is 19.1. The highest BCUT2D eigenvalue weighted by molar-refractivity contribution is 7.13. The van der Waals surface area contributed by atoms with Gasteiger partial charge in [-0.1, -0.05) is 0 Å². The zero-order chi connectivity index (χ0) is 19.1. The Labute approximate surface area is 152 Å². The second-order valence-electron chi connectivity index (χ2n) is 4.79. The van der Waals surface area contributed by atoms with E-state index in [9.17, 15) is 14.9 Å². The normalized spacial score (nSPS) is 10.6. The first-order valence-electron chi connectivity index (χ1n) is 7.19. The van der Waals surface area contributed by atoms with Gasteiger partial charge >= 0.3 is 11.7 Å². The molecule has 0 aliphatic carbocycles. The predicted octanol–water partition coefficient (Wildman–Crippen LogP) is 2.23. The van der Waals surface area contributed by atoms with Gasteiger partial charge < -0.3 is 14.2 Å². The molecule has 0 radical (unpaired) electrons. The van der Waals surface area contributed by atoms with Gasteiger partial charge in [0.2, 0.25) is 10.9 Å². The maximum atomic E-state index is 11.2. The number of methoxy groups -OCH3 is 3. The summed E-state index contributed by atoms with van der Waals surface area (Å²) in [6.07, 6.45) is 1.43. The van der Waals surface area contributed by atoms with Gasteiger partial charge in [-0.05, 0) is 0 Å². The molecule has 2 rings (SSSR count). The van der Waals surface area contributed by atoms with Gasteiger partial charge in [-0.3, -0.25) is 20.3 Å². The van der Waals surface area contributed by atoms with E-state index in [0.29, 0.717) is 22.1 Å². The van der Waals surface area contributed by atoms with Crippen LogP contribution in [0.25, 0.3) is 0 Å². The number of nitro benzene ring substituents is 1. The van der Waals surface area contributed by atoms with Crippen molar-refractivity contribution in [2.45, 2.75) is 6.42 Å². The number of hydrogen-bond acceptors (Lipinski definition) is 10. The Morgan fingerprint density at radius 2 is 2.08 bits per heavy atom. The van der Waals surface area contributed by atoms with Crippen LogP contribution in [0, 0.1) is 10.1 Å². The molecule has 1 heterocycles. The number of nitro groups is 1. The second-order valence-corrected chi connectivity index (χ2v) is 5.65. The van der Waals surface area contributed by atoms with Gasteiger partial charge in [-0.25, -0.2) is 4.98 Å². The molecule has 0 atom stereocenters. The van der Waals surface area contributed by atoms with E-state index in [2.05, 4.69) is 20.2 Å². The number of nitrogens with zero attached hydrogens (tertiary/aromatic N) is 3. The maximum Gasteiger partial charge on any atom is 0.311 e. The Morgan fingerprint density at radius 1 is 1.35 bits per heavy atom. The molecule has 2 aromatic rings. The van der Waals surface area contributed by atoms with Crippen molar-refractivity contribution >= 4 is 34.3 Å². The van der Waals surface area contributed by atoms with E-state index in [1.165, 1.54) is 51.0 Å². The average Bonchev–Trinajstić information content (AvgIpc) is 3.08. The molecule has 0 amide bonds. The largest absolute Gasteiger partial charge is 0.496 e. The topological polar surface area (TPSA) is 125 Å². The third-order valence-electron chi connectivity index (χ3n) is 3.20. The third-order valence-corrected chi connectivity index (χ3v) is 3.99. The number of carbonyl (C=O) groups is 1. The highest BCUT2D eigenvalue weighted by Gasteiger charge is 2.18. The number of hydrogen-bond donors (Lipinski definition) is 1. The monoisotopic (exact) mass is 380 g/mol. The van der Waals surface area contributed by atoms with Crippen molar-refractivity contribution in [2.24, 2.45) is 5.10 Å². The van der Waals surface area contributed by atoms with Crippen molar-refractivity contribution in [1.82, 2.24) is 4.98 Å². The van der Waals surface area contributed by atoms with E-state index < -0.39 is 4.92 Å². The Balaban J connectivity index is 2.16. The molecule has 0 saturated carbocycles. The number of benzene rings is 1. The standard InChI is InChI=1S/C15H16N4O6S/c1-23-12-6-13(24-2)11(19(21)22)4-9(12)7-16-18-15-17-10(8-26-15)5-14(20)25-3/h4,6-8H,5H2,1-3H3,(H,17,18)/b16-7-. The fourth-order valence-corrected chi connectivity index (χ4v) is 2.63. The summed E-state index contributed by atoms with van der Waals surface area (Å²) in [5.74, 6) is 0.0634. The minimum absolute atomic E-state index is 0.0664. The number of rotatable bonds is 8. The number of esters is 1. The molecule has 0 unspecified atom stereocenters. The van der Waals surface area contributed by atoms with Crippen LogP contribution in [0.2, 0.25) is 0 Å². The van der Waals surface area contributed by atoms with Crippen LogP contribution in [0.1, 0.15) is 11.3 Å². The molecule has 0 bridgehead atoms. The third kappa shape index (κ3) is 4.66. The van der Waals surface area contributed by atoms with Gasteiger partial charge in [0.15, 0.2) is 0 Å². The van der Waals surface area contributed by atoms with Gasteiger partial charge in [-0.2, -0.15) is 5.10 Å². The Morgan fingerprint density at radius 3 is 2.69 bits per heavy atom. The second kappa shape index (κ2) is 8.76. The van der Waals surface area contributed by atoms with Gasteiger partial charge in [-0.15, -0.1) is 11.3 Å². The van der Waals surface area contributed by atoms with Gasteiger partial charge in [0.25, 0.3) is 0 Å². The van der Waals surface area contributed by atoms with Crippen LogP contribution < -0.4 is 14.9 Å². The van der Waals surface area contributed by atoms with E-state index in [0.717, 1.165) is 0 Å². The van der Waals surface area contributed by atoms with Crippen LogP contribution in [-0.4, -0.2) is 43.4 Å². The first-order chi connectivity index (χ1) is 12.5. The van der Waals surface area contributed by atoms with Gasteiger partial charge in [0, 0.05) is 23.1 Å². The number of anilines is 1. The Bertz CT molecular complexity index is 836. The number of carbonyl (C=O) groups excluding carboxylic acids is 1. The van der Waals surface area contributed by atoms with Crippen LogP contribution in [-0.2, 0) is 16.0 Å². The molecule has 11 heteroatoms. The Kier molecular flexibility index (Phi) is 6.44.